The van der Waals surface area contributed by atoms with Crippen molar-refractivity contribution in [2.45, 2.75) is 101 Å². The highest BCUT2D eigenvalue weighted by Crippen LogP contribution is 2.45. The van der Waals surface area contributed by atoms with E-state index in [1.54, 1.807) is 7.11 Å². The number of carboxylic acids is 1. The quantitative estimate of drug-likeness (QED) is 0.150. The Morgan fingerprint density at radius 2 is 1.73 bits per heavy atom. The molecule has 4 aliphatic rings. The lowest BCUT2D eigenvalue weighted by molar-refractivity contribution is -0.144. The first-order valence-electron chi connectivity index (χ1n) is 19.9. The normalized spacial score (nSPS) is 24.7. The van der Waals surface area contributed by atoms with E-state index in [1.807, 2.05) is 54.6 Å². The monoisotopic (exact) mass is 751 g/mol. The summed E-state index contributed by atoms with van der Waals surface area (Å²) in [6, 6.07) is 14.7. The summed E-state index contributed by atoms with van der Waals surface area (Å²) in [4.78, 5) is 61.1. The number of urea groups is 1. The van der Waals surface area contributed by atoms with Gasteiger partial charge in [0.2, 0.25) is 11.8 Å². The number of hydrogen-bond acceptors (Lipinski definition) is 7. The number of likely N-dealkylation sites (tertiary alicyclic amines) is 1. The van der Waals surface area contributed by atoms with Crippen LogP contribution in [-0.4, -0.2) is 82.7 Å². The van der Waals surface area contributed by atoms with Gasteiger partial charge in [-0.05, 0) is 56.1 Å². The first kappa shape index (κ1) is 38.2. The average Bonchev–Trinajstić information content (AvgIpc) is 3.78. The molecule has 12 nitrogen and oxygen atoms in total. The van der Waals surface area contributed by atoms with Gasteiger partial charge in [-0.3, -0.25) is 9.59 Å². The number of methoxy groups -OCH3 is 1. The molecule has 55 heavy (non-hydrogen) atoms. The Labute approximate surface area is 322 Å². The van der Waals surface area contributed by atoms with Gasteiger partial charge in [-0.1, -0.05) is 74.9 Å². The topological polar surface area (TPSA) is 159 Å². The van der Waals surface area contributed by atoms with E-state index >= 15 is 0 Å². The summed E-state index contributed by atoms with van der Waals surface area (Å²) in [5.41, 5.74) is 0.742. The van der Waals surface area contributed by atoms with Crippen molar-refractivity contribution in [3.05, 3.63) is 67.3 Å². The number of fused-ring (bicyclic) bond motifs is 1. The fraction of sp³-hybridized carbons (Fsp3) is 0.512. The Bertz CT molecular complexity index is 1890. The van der Waals surface area contributed by atoms with Crippen molar-refractivity contribution in [2.24, 2.45) is 17.8 Å². The number of benzene rings is 2. The first-order valence-corrected chi connectivity index (χ1v) is 19.9. The standard InChI is InChI=1S/C43H53N5O7/c1-3-30-24-43(30,41(51)52)47-39(49)36-22-32(55-37-23-34(28-15-9-5-10-16-28)45-35-21-31(54-2)19-20-33(35)37)26-48(36)42(53)46-38(29-17-11-6-12-18-29)40(50)44-25-27-13-7-4-8-14-27/h3,5,9-10,15-16,19-21,23,27,29-30,32,36,38H,1,4,6-8,11-14,17-18,22,24-26H2,2H3,(H,44,50)(H,46,53)(H,47,49)(H,51,52)/t30?,32-,36+,38+,43-/m1/s1. The third-order valence-electron chi connectivity index (χ3n) is 12.2. The molecule has 4 fully saturated rings. The average molecular weight is 752 g/mol. The van der Waals surface area contributed by atoms with Crippen LogP contribution in [0.2, 0.25) is 0 Å². The number of hydrogen-bond donors (Lipinski definition) is 4. The molecule has 1 aliphatic heterocycles. The van der Waals surface area contributed by atoms with E-state index in [-0.39, 0.29) is 31.2 Å². The lowest BCUT2D eigenvalue weighted by atomic mass is 9.83. The summed E-state index contributed by atoms with van der Waals surface area (Å²) in [5.74, 6) is -0.788. The predicted molar refractivity (Wildman–Crippen MR) is 209 cm³/mol. The van der Waals surface area contributed by atoms with Crippen LogP contribution in [0.5, 0.6) is 11.5 Å². The number of carboxylic acid groups (broad SMARTS) is 1. The van der Waals surface area contributed by atoms with Crippen LogP contribution in [0.25, 0.3) is 22.2 Å². The second-order valence-electron chi connectivity index (χ2n) is 15.8. The van der Waals surface area contributed by atoms with Crippen LogP contribution in [0.4, 0.5) is 4.79 Å². The number of nitrogens with one attached hydrogen (secondary N) is 3. The minimum atomic E-state index is -1.48. The number of amides is 4. The van der Waals surface area contributed by atoms with Crippen molar-refractivity contribution in [3.8, 4) is 22.8 Å². The lowest BCUT2D eigenvalue weighted by Crippen LogP contribution is -2.58. The Balaban J connectivity index is 1.16. The maximum absolute atomic E-state index is 14.4. The van der Waals surface area contributed by atoms with Crippen LogP contribution >= 0.6 is 0 Å². The second-order valence-corrected chi connectivity index (χ2v) is 15.8. The van der Waals surface area contributed by atoms with Crippen molar-refractivity contribution in [1.29, 1.82) is 0 Å². The van der Waals surface area contributed by atoms with Crippen molar-refractivity contribution >= 4 is 34.7 Å². The number of ether oxygens (including phenoxy) is 2. The lowest BCUT2D eigenvalue weighted by Gasteiger charge is -2.33. The van der Waals surface area contributed by atoms with Crippen LogP contribution in [-0.2, 0) is 14.4 Å². The van der Waals surface area contributed by atoms with E-state index in [9.17, 15) is 24.3 Å². The third-order valence-corrected chi connectivity index (χ3v) is 12.2. The molecule has 292 valence electrons. The molecule has 3 saturated carbocycles. The smallest absolute Gasteiger partial charge is 0.330 e. The predicted octanol–water partition coefficient (Wildman–Crippen LogP) is 6.23. The highest BCUT2D eigenvalue weighted by Gasteiger charge is 2.61. The van der Waals surface area contributed by atoms with E-state index in [4.69, 9.17) is 14.5 Å². The van der Waals surface area contributed by atoms with Crippen LogP contribution in [0.1, 0.15) is 77.0 Å². The van der Waals surface area contributed by atoms with Gasteiger partial charge in [0.15, 0.2) is 0 Å². The molecular formula is C43H53N5O7. The summed E-state index contributed by atoms with van der Waals surface area (Å²) >= 11 is 0. The number of pyridine rings is 1. The van der Waals surface area contributed by atoms with Gasteiger partial charge in [0.25, 0.3) is 0 Å². The van der Waals surface area contributed by atoms with Gasteiger partial charge >= 0.3 is 12.0 Å². The molecule has 0 bridgehead atoms. The molecule has 3 aromatic rings. The SMILES string of the molecule is C=CC1C[C@]1(NC(=O)[C@@H]1C[C@@H](Oc2cc(-c3ccccc3)nc3cc(OC)ccc23)CN1C(=O)N[C@H](C(=O)NCC1CCCCC1)C1CCCCC1)C(=O)O. The number of aliphatic carboxylic acids is 1. The zero-order valence-corrected chi connectivity index (χ0v) is 31.6. The summed E-state index contributed by atoms with van der Waals surface area (Å²) in [6.45, 7) is 4.37. The molecule has 0 spiro atoms. The zero-order valence-electron chi connectivity index (χ0n) is 31.6. The maximum atomic E-state index is 14.4. The van der Waals surface area contributed by atoms with Crippen LogP contribution in [0.3, 0.4) is 0 Å². The molecule has 1 saturated heterocycles. The van der Waals surface area contributed by atoms with Crippen LogP contribution in [0.15, 0.2) is 67.3 Å². The maximum Gasteiger partial charge on any atom is 0.330 e. The molecule has 3 aliphatic carbocycles. The minimum absolute atomic E-state index is 0.0299. The molecule has 4 amide bonds. The molecule has 7 rings (SSSR count). The highest BCUT2D eigenvalue weighted by atomic mass is 16.5. The second kappa shape index (κ2) is 16.7. The van der Waals surface area contributed by atoms with Crippen LogP contribution < -0.4 is 25.4 Å². The Hall–Kier alpha value is -5.13. The molecule has 4 N–H and O–H groups in total. The number of rotatable bonds is 13. The van der Waals surface area contributed by atoms with E-state index in [2.05, 4.69) is 22.5 Å². The Morgan fingerprint density at radius 3 is 2.40 bits per heavy atom. The van der Waals surface area contributed by atoms with Gasteiger partial charge in [0, 0.05) is 42.0 Å². The number of carbonyl (C=O) groups excluding carboxylic acids is 3. The van der Waals surface area contributed by atoms with Crippen molar-refractivity contribution < 1.29 is 33.8 Å². The third kappa shape index (κ3) is 8.43. The largest absolute Gasteiger partial charge is 0.497 e. The highest BCUT2D eigenvalue weighted by molar-refractivity contribution is 5.95. The molecule has 1 aromatic heterocycles. The van der Waals surface area contributed by atoms with Gasteiger partial charge in [-0.2, -0.15) is 0 Å². The van der Waals surface area contributed by atoms with E-state index in [0.717, 1.165) is 55.9 Å². The number of carbonyl (C=O) groups is 4. The van der Waals surface area contributed by atoms with E-state index in [1.165, 1.54) is 30.2 Å². The van der Waals surface area contributed by atoms with Gasteiger partial charge in [-0.15, -0.1) is 6.58 Å². The molecule has 5 atom stereocenters. The van der Waals surface area contributed by atoms with E-state index < -0.39 is 47.6 Å². The number of aromatic nitrogens is 1. The van der Waals surface area contributed by atoms with Crippen LogP contribution in [0, 0.1) is 17.8 Å². The van der Waals surface area contributed by atoms with Crippen molar-refractivity contribution in [1.82, 2.24) is 25.8 Å². The summed E-state index contributed by atoms with van der Waals surface area (Å²) in [6.07, 6.45) is 11.7. The van der Waals surface area contributed by atoms with Crippen molar-refractivity contribution in [2.75, 3.05) is 20.2 Å². The van der Waals surface area contributed by atoms with Gasteiger partial charge in [0.1, 0.15) is 35.2 Å². The summed E-state index contributed by atoms with van der Waals surface area (Å²) in [5, 5.41) is 19.8. The number of nitrogens with zero attached hydrogens (tertiary/aromatic N) is 2. The molecule has 12 heteroatoms. The summed E-state index contributed by atoms with van der Waals surface area (Å²) in [7, 11) is 1.59. The molecule has 2 heterocycles. The Kier molecular flexibility index (Phi) is 11.6. The fourth-order valence-corrected chi connectivity index (χ4v) is 8.84. The summed E-state index contributed by atoms with van der Waals surface area (Å²) < 4.78 is 12.2. The van der Waals surface area contributed by atoms with Gasteiger partial charge in [-0.25, -0.2) is 14.6 Å². The molecular weight excluding hydrogens is 699 g/mol. The molecule has 0 radical (unpaired) electrons. The fourth-order valence-electron chi connectivity index (χ4n) is 8.84. The van der Waals surface area contributed by atoms with E-state index in [0.29, 0.717) is 35.2 Å². The first-order chi connectivity index (χ1) is 26.7. The van der Waals surface area contributed by atoms with Crippen molar-refractivity contribution in [3.63, 3.8) is 0 Å². The molecule has 2 aromatic carbocycles. The van der Waals surface area contributed by atoms with Gasteiger partial charge < -0.3 is 35.4 Å². The Morgan fingerprint density at radius 1 is 1.00 bits per heavy atom. The molecule has 1 unspecified atom stereocenters. The zero-order chi connectivity index (χ0) is 38.5. The van der Waals surface area contributed by atoms with Gasteiger partial charge in [0.05, 0.1) is 24.9 Å². The minimum Gasteiger partial charge on any atom is -0.497 e.